The third-order valence-corrected chi connectivity index (χ3v) is 6.17. The maximum Gasteiger partial charge on any atom is 0.240 e. The average molecular weight is 507 g/mol. The predicted octanol–water partition coefficient (Wildman–Crippen LogP) is 5.70. The molecule has 3 aromatic rings. The number of carbonyl (C=O) groups is 1. The Balaban J connectivity index is 1.85. The second-order valence-corrected chi connectivity index (χ2v) is 10.3. The highest BCUT2D eigenvalue weighted by Gasteiger charge is 2.32. The van der Waals surface area contributed by atoms with E-state index < -0.39 is 12.3 Å². The van der Waals surface area contributed by atoms with Gasteiger partial charge in [-0.25, -0.2) is 0 Å². The first kappa shape index (κ1) is 28.6. The molecule has 1 amide bonds. The van der Waals surface area contributed by atoms with Crippen LogP contribution in [0.3, 0.4) is 0 Å². The molecule has 0 aliphatic carbocycles. The zero-order chi connectivity index (χ0) is 27.0. The number of benzene rings is 3. The third-order valence-electron chi connectivity index (χ3n) is 6.17. The zero-order valence-corrected chi connectivity index (χ0v) is 23.1. The molecule has 0 aromatic heterocycles. The van der Waals surface area contributed by atoms with Gasteiger partial charge in [-0.15, -0.1) is 0 Å². The van der Waals surface area contributed by atoms with Crippen molar-refractivity contribution in [3.05, 3.63) is 77.9 Å². The van der Waals surface area contributed by atoms with E-state index in [0.717, 1.165) is 27.6 Å². The van der Waals surface area contributed by atoms with E-state index in [0.29, 0.717) is 26.2 Å². The van der Waals surface area contributed by atoms with Crippen LogP contribution < -0.4 is 10.5 Å². The number of hydrogen-bond donors (Lipinski definition) is 1. The van der Waals surface area contributed by atoms with Crippen molar-refractivity contribution in [3.63, 3.8) is 0 Å². The lowest BCUT2D eigenvalue weighted by molar-refractivity contribution is -0.179. The fraction of sp³-hybridized carbons (Fsp3) is 0.452. The van der Waals surface area contributed by atoms with E-state index >= 15 is 0 Å². The van der Waals surface area contributed by atoms with E-state index in [1.54, 1.807) is 4.90 Å². The van der Waals surface area contributed by atoms with Crippen molar-refractivity contribution >= 4 is 16.7 Å². The van der Waals surface area contributed by atoms with E-state index in [2.05, 4.69) is 24.3 Å². The Labute approximate surface area is 221 Å². The second kappa shape index (κ2) is 13.0. The summed E-state index contributed by atoms with van der Waals surface area (Å²) < 4.78 is 17.7. The normalized spacial score (nSPS) is 13.5. The zero-order valence-electron chi connectivity index (χ0n) is 23.1. The van der Waals surface area contributed by atoms with Crippen LogP contribution in [-0.2, 0) is 27.2 Å². The summed E-state index contributed by atoms with van der Waals surface area (Å²) in [6, 6.07) is 21.1. The molecule has 6 nitrogen and oxygen atoms in total. The quantitative estimate of drug-likeness (QED) is 0.319. The predicted molar refractivity (Wildman–Crippen MR) is 150 cm³/mol. The summed E-state index contributed by atoms with van der Waals surface area (Å²) in [6.07, 6.45) is -0.128. The van der Waals surface area contributed by atoms with Crippen molar-refractivity contribution in [2.75, 3.05) is 13.2 Å². The number of ether oxygens (including phenoxy) is 3. The first-order valence-corrected chi connectivity index (χ1v) is 13.2. The Morgan fingerprint density at radius 1 is 0.919 bits per heavy atom. The Hall–Kier alpha value is -2.93. The van der Waals surface area contributed by atoms with Crippen LogP contribution in [0.5, 0.6) is 5.75 Å². The van der Waals surface area contributed by atoms with Crippen molar-refractivity contribution in [2.24, 2.45) is 5.73 Å². The van der Waals surface area contributed by atoms with Gasteiger partial charge in [-0.1, -0.05) is 54.6 Å². The maximum absolute atomic E-state index is 13.9. The smallest absolute Gasteiger partial charge is 0.240 e. The molecule has 0 aliphatic rings. The maximum atomic E-state index is 13.9. The first-order valence-electron chi connectivity index (χ1n) is 13.2. The van der Waals surface area contributed by atoms with Crippen LogP contribution in [0.4, 0.5) is 0 Å². The molecule has 0 saturated carbocycles. The molecule has 37 heavy (non-hydrogen) atoms. The second-order valence-electron chi connectivity index (χ2n) is 10.3. The molecule has 6 heteroatoms. The number of amides is 1. The van der Waals surface area contributed by atoms with Crippen LogP contribution >= 0.6 is 0 Å². The molecule has 0 radical (unpaired) electrons. The molecule has 0 spiro atoms. The molecule has 2 atom stereocenters. The summed E-state index contributed by atoms with van der Waals surface area (Å²) in [5.74, 6) is 0.651. The van der Waals surface area contributed by atoms with Gasteiger partial charge in [0.2, 0.25) is 5.91 Å². The van der Waals surface area contributed by atoms with Crippen molar-refractivity contribution in [3.8, 4) is 5.75 Å². The summed E-state index contributed by atoms with van der Waals surface area (Å²) in [6.45, 7) is 13.2. The van der Waals surface area contributed by atoms with E-state index in [-0.39, 0.29) is 17.6 Å². The van der Waals surface area contributed by atoms with Gasteiger partial charge >= 0.3 is 0 Å². The third kappa shape index (κ3) is 8.03. The van der Waals surface area contributed by atoms with Crippen molar-refractivity contribution in [1.82, 2.24) is 4.90 Å². The van der Waals surface area contributed by atoms with Crippen LogP contribution in [0, 0.1) is 0 Å². The van der Waals surface area contributed by atoms with Crippen LogP contribution in [0.25, 0.3) is 10.8 Å². The minimum Gasteiger partial charge on any atom is -0.488 e. The minimum absolute atomic E-state index is 0.139. The van der Waals surface area contributed by atoms with Crippen LogP contribution in [0.1, 0.15) is 52.7 Å². The molecule has 0 fully saturated rings. The van der Waals surface area contributed by atoms with Gasteiger partial charge in [-0.3, -0.25) is 4.79 Å². The molecule has 200 valence electrons. The molecule has 2 N–H and O–H groups in total. The highest BCUT2D eigenvalue weighted by atomic mass is 16.7. The summed E-state index contributed by atoms with van der Waals surface area (Å²) in [5, 5.41) is 2.25. The van der Waals surface area contributed by atoms with Crippen molar-refractivity contribution in [1.29, 1.82) is 0 Å². The van der Waals surface area contributed by atoms with Crippen LogP contribution in [0.2, 0.25) is 0 Å². The standard InChI is InChI=1S/C31H42N2O4/c1-7-35-30(36-8-2)22(3)33(21-25-14-11-13-24-12-9-10-15-27(24)25)29(34)28(32)20-23-16-18-26(19-17-23)37-31(4,5)6/h9-19,22,28,30H,7-8,20-21,32H2,1-6H3/t22-,28?/m0/s1. The van der Waals surface area contributed by atoms with Gasteiger partial charge in [-0.05, 0) is 82.0 Å². The summed E-state index contributed by atoms with van der Waals surface area (Å²) >= 11 is 0. The Bertz CT molecular complexity index is 1130. The molecule has 3 aromatic carbocycles. The summed E-state index contributed by atoms with van der Waals surface area (Å²) in [4.78, 5) is 15.7. The fourth-order valence-corrected chi connectivity index (χ4v) is 4.44. The molecular formula is C31H42N2O4. The van der Waals surface area contributed by atoms with Gasteiger partial charge in [0.25, 0.3) is 0 Å². The molecule has 0 aliphatic heterocycles. The van der Waals surface area contributed by atoms with Crippen molar-refractivity contribution in [2.45, 2.75) is 78.5 Å². The van der Waals surface area contributed by atoms with Gasteiger partial charge in [0.05, 0.1) is 12.1 Å². The number of hydrogen-bond acceptors (Lipinski definition) is 5. The lowest BCUT2D eigenvalue weighted by Crippen LogP contribution is -2.52. The van der Waals surface area contributed by atoms with Crippen LogP contribution in [-0.4, -0.2) is 48.0 Å². The molecule has 0 bridgehead atoms. The largest absolute Gasteiger partial charge is 0.488 e. The number of nitrogens with zero attached hydrogens (tertiary/aromatic N) is 1. The molecular weight excluding hydrogens is 464 g/mol. The van der Waals surface area contributed by atoms with E-state index in [9.17, 15) is 4.79 Å². The number of rotatable bonds is 12. The average Bonchev–Trinajstić information content (AvgIpc) is 2.86. The Kier molecular flexibility index (Phi) is 10.1. The first-order chi connectivity index (χ1) is 17.6. The summed E-state index contributed by atoms with van der Waals surface area (Å²) in [5.41, 5.74) is 8.30. The van der Waals surface area contributed by atoms with E-state index in [1.807, 2.05) is 84.0 Å². The Morgan fingerprint density at radius 3 is 2.16 bits per heavy atom. The summed E-state index contributed by atoms with van der Waals surface area (Å²) in [7, 11) is 0. The number of carbonyl (C=O) groups excluding carboxylic acids is 1. The number of nitrogens with two attached hydrogens (primary N) is 1. The molecule has 1 unspecified atom stereocenters. The molecule has 0 saturated heterocycles. The monoisotopic (exact) mass is 506 g/mol. The molecule has 0 heterocycles. The Morgan fingerprint density at radius 2 is 1.54 bits per heavy atom. The lowest BCUT2D eigenvalue weighted by Gasteiger charge is -2.36. The van der Waals surface area contributed by atoms with E-state index in [1.165, 1.54) is 0 Å². The van der Waals surface area contributed by atoms with Gasteiger partial charge in [0, 0.05) is 19.8 Å². The number of fused-ring (bicyclic) bond motifs is 1. The van der Waals surface area contributed by atoms with Gasteiger partial charge < -0.3 is 24.8 Å². The topological polar surface area (TPSA) is 74.0 Å². The highest BCUT2D eigenvalue weighted by Crippen LogP contribution is 2.24. The van der Waals surface area contributed by atoms with Gasteiger partial charge in [0.1, 0.15) is 11.4 Å². The van der Waals surface area contributed by atoms with Gasteiger partial charge in [0.15, 0.2) is 6.29 Å². The minimum atomic E-state index is -0.712. The lowest BCUT2D eigenvalue weighted by atomic mass is 10.0. The SMILES string of the molecule is CCOC(OCC)[C@H](C)N(Cc1cccc2ccccc12)C(=O)C(N)Cc1ccc(OC(C)(C)C)cc1. The van der Waals surface area contributed by atoms with Crippen molar-refractivity contribution < 1.29 is 19.0 Å². The van der Waals surface area contributed by atoms with E-state index in [4.69, 9.17) is 19.9 Å². The van der Waals surface area contributed by atoms with Crippen LogP contribution in [0.15, 0.2) is 66.7 Å². The van der Waals surface area contributed by atoms with Gasteiger partial charge in [-0.2, -0.15) is 0 Å². The highest BCUT2D eigenvalue weighted by molar-refractivity contribution is 5.87. The fourth-order valence-electron chi connectivity index (χ4n) is 4.44. The molecule has 3 rings (SSSR count).